The number of hydrogen-bond donors (Lipinski definition) is 1. The predicted molar refractivity (Wildman–Crippen MR) is 68.2 cm³/mol. The molecule has 0 atom stereocenters. The first-order valence-electron chi connectivity index (χ1n) is 5.29. The fourth-order valence-corrected chi connectivity index (χ4v) is 1.57. The second kappa shape index (κ2) is 4.67. The second-order valence-corrected chi connectivity index (χ2v) is 3.74. The van der Waals surface area contributed by atoms with E-state index < -0.39 is 0 Å². The molecule has 0 aliphatic carbocycles. The Labute approximate surface area is 95.7 Å². The average Bonchev–Trinajstić information content (AvgIpc) is 2.32. The maximum absolute atomic E-state index is 9.56. The minimum absolute atomic E-state index is 0.343. The molecule has 16 heavy (non-hydrogen) atoms. The van der Waals surface area contributed by atoms with Gasteiger partial charge in [-0.2, -0.15) is 0 Å². The first-order valence-corrected chi connectivity index (χ1v) is 5.29. The van der Waals surface area contributed by atoms with Crippen LogP contribution in [-0.2, 0) is 0 Å². The molecular formula is C15H14O. The Bertz CT molecular complexity index is 498. The van der Waals surface area contributed by atoms with Crippen LogP contribution in [0.15, 0.2) is 48.5 Å². The molecule has 0 unspecified atom stereocenters. The standard InChI is InChI=1S/C15H14O/c1-12-14(8-5-9-15(12)16)11-10-13-6-3-2-4-7-13/h2-11,16H,1H3. The topological polar surface area (TPSA) is 20.2 Å². The lowest BCUT2D eigenvalue weighted by Gasteiger charge is -2.02. The van der Waals surface area contributed by atoms with Crippen molar-refractivity contribution >= 4 is 12.2 Å². The number of benzene rings is 2. The summed E-state index contributed by atoms with van der Waals surface area (Å²) in [6.07, 6.45) is 4.06. The van der Waals surface area contributed by atoms with Gasteiger partial charge in [0.05, 0.1) is 0 Å². The van der Waals surface area contributed by atoms with E-state index in [4.69, 9.17) is 0 Å². The average molecular weight is 210 g/mol. The molecule has 0 aliphatic rings. The maximum atomic E-state index is 9.56. The lowest BCUT2D eigenvalue weighted by atomic mass is 10.1. The molecule has 2 aromatic rings. The van der Waals surface area contributed by atoms with E-state index in [1.54, 1.807) is 6.07 Å². The molecule has 0 amide bonds. The summed E-state index contributed by atoms with van der Waals surface area (Å²) in [5.74, 6) is 0.343. The number of rotatable bonds is 2. The van der Waals surface area contributed by atoms with E-state index >= 15 is 0 Å². The van der Waals surface area contributed by atoms with Crippen molar-refractivity contribution in [2.45, 2.75) is 6.92 Å². The summed E-state index contributed by atoms with van der Waals surface area (Å²) in [4.78, 5) is 0. The highest BCUT2D eigenvalue weighted by atomic mass is 16.3. The molecule has 0 radical (unpaired) electrons. The van der Waals surface area contributed by atoms with Crippen LogP contribution in [0.3, 0.4) is 0 Å². The van der Waals surface area contributed by atoms with Crippen LogP contribution in [-0.4, -0.2) is 5.11 Å². The molecule has 0 saturated carbocycles. The van der Waals surface area contributed by atoms with Gasteiger partial charge in [0.15, 0.2) is 0 Å². The minimum atomic E-state index is 0.343. The Balaban J connectivity index is 2.28. The first kappa shape index (κ1) is 10.5. The van der Waals surface area contributed by atoms with Crippen molar-refractivity contribution in [2.24, 2.45) is 0 Å². The molecule has 0 aromatic heterocycles. The smallest absolute Gasteiger partial charge is 0.119 e. The highest BCUT2D eigenvalue weighted by molar-refractivity contribution is 5.72. The van der Waals surface area contributed by atoms with Gasteiger partial charge in [-0.25, -0.2) is 0 Å². The van der Waals surface area contributed by atoms with Gasteiger partial charge < -0.3 is 5.11 Å². The summed E-state index contributed by atoms with van der Waals surface area (Å²) in [6, 6.07) is 15.7. The van der Waals surface area contributed by atoms with E-state index in [9.17, 15) is 5.11 Å². The van der Waals surface area contributed by atoms with Crippen molar-refractivity contribution in [2.75, 3.05) is 0 Å². The summed E-state index contributed by atoms with van der Waals surface area (Å²) in [7, 11) is 0. The normalized spacial score (nSPS) is 10.8. The molecule has 1 nitrogen and oxygen atoms in total. The number of phenolic OH excluding ortho intramolecular Hbond substituents is 1. The number of hydrogen-bond acceptors (Lipinski definition) is 1. The predicted octanol–water partition coefficient (Wildman–Crippen LogP) is 3.87. The molecule has 0 saturated heterocycles. The Morgan fingerprint density at radius 3 is 2.38 bits per heavy atom. The van der Waals surface area contributed by atoms with Crippen molar-refractivity contribution < 1.29 is 5.11 Å². The highest BCUT2D eigenvalue weighted by Crippen LogP contribution is 2.21. The van der Waals surface area contributed by atoms with Gasteiger partial charge in [0.1, 0.15) is 5.75 Å². The zero-order valence-corrected chi connectivity index (χ0v) is 9.22. The van der Waals surface area contributed by atoms with Crippen LogP contribution < -0.4 is 0 Å². The van der Waals surface area contributed by atoms with Gasteiger partial charge >= 0.3 is 0 Å². The largest absolute Gasteiger partial charge is 0.508 e. The maximum Gasteiger partial charge on any atom is 0.119 e. The van der Waals surface area contributed by atoms with Crippen molar-refractivity contribution in [3.05, 3.63) is 65.2 Å². The molecule has 0 heterocycles. The van der Waals surface area contributed by atoms with E-state index in [-0.39, 0.29) is 0 Å². The molecule has 80 valence electrons. The lowest BCUT2D eigenvalue weighted by molar-refractivity contribution is 0.471. The molecule has 2 rings (SSSR count). The van der Waals surface area contributed by atoms with Crippen LogP contribution in [0.4, 0.5) is 0 Å². The molecule has 0 spiro atoms. The van der Waals surface area contributed by atoms with Crippen molar-refractivity contribution in [1.82, 2.24) is 0 Å². The summed E-state index contributed by atoms with van der Waals surface area (Å²) in [5.41, 5.74) is 3.11. The number of aromatic hydroxyl groups is 1. The van der Waals surface area contributed by atoms with Crippen molar-refractivity contribution in [1.29, 1.82) is 0 Å². The third kappa shape index (κ3) is 2.31. The second-order valence-electron chi connectivity index (χ2n) is 3.74. The van der Waals surface area contributed by atoms with Crippen LogP contribution in [0.25, 0.3) is 12.2 Å². The lowest BCUT2D eigenvalue weighted by Crippen LogP contribution is -1.80. The summed E-state index contributed by atoms with van der Waals surface area (Å²) in [5, 5.41) is 9.56. The van der Waals surface area contributed by atoms with Gasteiger partial charge in [0.2, 0.25) is 0 Å². The molecule has 1 heteroatoms. The van der Waals surface area contributed by atoms with E-state index in [2.05, 4.69) is 12.1 Å². The molecule has 2 aromatic carbocycles. The fourth-order valence-electron chi connectivity index (χ4n) is 1.57. The van der Waals surface area contributed by atoms with Gasteiger partial charge in [-0.05, 0) is 29.7 Å². The highest BCUT2D eigenvalue weighted by Gasteiger charge is 1.98. The van der Waals surface area contributed by atoms with Crippen LogP contribution in [0, 0.1) is 6.92 Å². The zero-order chi connectivity index (χ0) is 11.4. The first-order chi connectivity index (χ1) is 7.77. The Morgan fingerprint density at radius 1 is 0.875 bits per heavy atom. The monoisotopic (exact) mass is 210 g/mol. The van der Waals surface area contributed by atoms with Crippen molar-refractivity contribution in [3.8, 4) is 5.75 Å². The SMILES string of the molecule is Cc1c(O)cccc1C=Cc1ccccc1. The van der Waals surface area contributed by atoms with Gasteiger partial charge in [0.25, 0.3) is 0 Å². The Kier molecular flexibility index (Phi) is 3.06. The van der Waals surface area contributed by atoms with Crippen LogP contribution in [0.1, 0.15) is 16.7 Å². The van der Waals surface area contributed by atoms with Gasteiger partial charge in [0, 0.05) is 0 Å². The van der Waals surface area contributed by atoms with E-state index in [0.717, 1.165) is 16.7 Å². The van der Waals surface area contributed by atoms with E-state index in [1.165, 1.54) is 0 Å². The van der Waals surface area contributed by atoms with Gasteiger partial charge in [-0.1, -0.05) is 54.6 Å². The molecule has 1 N–H and O–H groups in total. The molecular weight excluding hydrogens is 196 g/mol. The minimum Gasteiger partial charge on any atom is -0.508 e. The van der Waals surface area contributed by atoms with E-state index in [1.807, 2.05) is 49.4 Å². The summed E-state index contributed by atoms with van der Waals surface area (Å²) >= 11 is 0. The Hall–Kier alpha value is -2.02. The third-order valence-electron chi connectivity index (χ3n) is 2.60. The fraction of sp³-hybridized carbons (Fsp3) is 0.0667. The third-order valence-corrected chi connectivity index (χ3v) is 2.60. The summed E-state index contributed by atoms with van der Waals surface area (Å²) < 4.78 is 0. The van der Waals surface area contributed by atoms with Crippen LogP contribution >= 0.6 is 0 Å². The molecule has 0 bridgehead atoms. The van der Waals surface area contributed by atoms with Crippen LogP contribution in [0.5, 0.6) is 5.75 Å². The molecule has 0 fully saturated rings. The Morgan fingerprint density at radius 2 is 1.62 bits per heavy atom. The molecule has 0 aliphatic heterocycles. The quantitative estimate of drug-likeness (QED) is 0.746. The zero-order valence-electron chi connectivity index (χ0n) is 9.22. The van der Waals surface area contributed by atoms with Gasteiger partial charge in [-0.15, -0.1) is 0 Å². The van der Waals surface area contributed by atoms with E-state index in [0.29, 0.717) is 5.75 Å². The van der Waals surface area contributed by atoms with Crippen LogP contribution in [0.2, 0.25) is 0 Å². The van der Waals surface area contributed by atoms with Gasteiger partial charge in [-0.3, -0.25) is 0 Å². The van der Waals surface area contributed by atoms with Crippen molar-refractivity contribution in [3.63, 3.8) is 0 Å². The number of phenols is 1. The summed E-state index contributed by atoms with van der Waals surface area (Å²) in [6.45, 7) is 1.92.